The summed E-state index contributed by atoms with van der Waals surface area (Å²) in [5, 5.41) is 2.47. The number of carbonyl (C=O) groups is 2. The second-order valence-corrected chi connectivity index (χ2v) is 2.84. The van der Waals surface area contributed by atoms with Crippen molar-refractivity contribution < 1.29 is 14.0 Å². The molecule has 0 bridgehead atoms. The van der Waals surface area contributed by atoms with Gasteiger partial charge in [0.15, 0.2) is 5.88 Å². The highest BCUT2D eigenvalue weighted by Crippen LogP contribution is 2.11. The normalized spacial score (nSPS) is 9.69. The van der Waals surface area contributed by atoms with Gasteiger partial charge in [-0.1, -0.05) is 0 Å². The number of furan rings is 1. The van der Waals surface area contributed by atoms with Crippen molar-refractivity contribution in [2.24, 2.45) is 0 Å². The molecule has 0 aromatic carbocycles. The molecule has 70 valence electrons. The number of ketones is 1. The van der Waals surface area contributed by atoms with Gasteiger partial charge in [0, 0.05) is 6.07 Å². The van der Waals surface area contributed by atoms with Crippen LogP contribution in [0.5, 0.6) is 0 Å². The third-order valence-corrected chi connectivity index (χ3v) is 1.41. The fourth-order valence-electron chi connectivity index (χ4n) is 0.909. The third-order valence-electron chi connectivity index (χ3n) is 1.41. The molecule has 0 spiro atoms. The second-order valence-electron chi connectivity index (χ2n) is 2.84. The van der Waals surface area contributed by atoms with E-state index in [9.17, 15) is 9.59 Å². The van der Waals surface area contributed by atoms with Crippen LogP contribution >= 0.6 is 0 Å². The molecule has 0 aliphatic rings. The quantitative estimate of drug-likeness (QED) is 0.719. The highest BCUT2D eigenvalue weighted by Gasteiger charge is 2.06. The van der Waals surface area contributed by atoms with Crippen molar-refractivity contribution in [3.05, 3.63) is 17.9 Å². The Labute approximate surface area is 75.9 Å². The van der Waals surface area contributed by atoms with Crippen LogP contribution in [0.4, 0.5) is 5.88 Å². The van der Waals surface area contributed by atoms with Crippen molar-refractivity contribution in [2.75, 3.05) is 5.32 Å². The standard InChI is InChI=1S/C9H11NO3/c1-6(11)5-8(12)10-9-4-3-7(2)13-9/h3-4H,5H2,1-2H3,(H,10,12). The molecule has 1 aromatic heterocycles. The van der Waals surface area contributed by atoms with Crippen LogP contribution in [0.1, 0.15) is 19.1 Å². The highest BCUT2D eigenvalue weighted by molar-refractivity contribution is 6.02. The molecule has 4 heteroatoms. The predicted octanol–water partition coefficient (Wildman–Crippen LogP) is 1.51. The fourth-order valence-corrected chi connectivity index (χ4v) is 0.909. The number of nitrogens with one attached hydrogen (secondary N) is 1. The first-order valence-electron chi connectivity index (χ1n) is 3.93. The maximum absolute atomic E-state index is 11.0. The lowest BCUT2D eigenvalue weighted by molar-refractivity contribution is -0.124. The molecule has 1 heterocycles. The lowest BCUT2D eigenvalue weighted by Gasteiger charge is -1.98. The first-order chi connectivity index (χ1) is 6.08. The molecule has 1 N–H and O–H groups in total. The van der Waals surface area contributed by atoms with Gasteiger partial charge in [-0.25, -0.2) is 0 Å². The van der Waals surface area contributed by atoms with Crippen molar-refractivity contribution in [3.63, 3.8) is 0 Å². The lowest BCUT2D eigenvalue weighted by Crippen LogP contribution is -2.14. The molecular formula is C9H11NO3. The Hall–Kier alpha value is -1.58. The molecule has 0 fully saturated rings. The number of hydrogen-bond acceptors (Lipinski definition) is 3. The van der Waals surface area contributed by atoms with Crippen molar-refractivity contribution in [3.8, 4) is 0 Å². The van der Waals surface area contributed by atoms with Crippen LogP contribution in [0.2, 0.25) is 0 Å². The van der Waals surface area contributed by atoms with Gasteiger partial charge in [-0.3, -0.25) is 14.9 Å². The van der Waals surface area contributed by atoms with Crippen molar-refractivity contribution >= 4 is 17.6 Å². The van der Waals surface area contributed by atoms with Crippen LogP contribution in [0.25, 0.3) is 0 Å². The number of anilines is 1. The van der Waals surface area contributed by atoms with Crippen LogP contribution in [0.3, 0.4) is 0 Å². The van der Waals surface area contributed by atoms with E-state index in [2.05, 4.69) is 5.32 Å². The summed E-state index contributed by atoms with van der Waals surface area (Å²) in [6.07, 6.45) is -0.111. The molecule has 1 amide bonds. The SMILES string of the molecule is CC(=O)CC(=O)Nc1ccc(C)o1. The van der Waals surface area contributed by atoms with Crippen LogP contribution in [0, 0.1) is 6.92 Å². The van der Waals surface area contributed by atoms with Crippen LogP contribution < -0.4 is 5.32 Å². The van der Waals surface area contributed by atoms with Crippen molar-refractivity contribution in [1.82, 2.24) is 0 Å². The van der Waals surface area contributed by atoms with E-state index in [0.717, 1.165) is 5.76 Å². The molecule has 0 radical (unpaired) electrons. The summed E-state index contributed by atoms with van der Waals surface area (Å²) in [6, 6.07) is 3.39. The zero-order valence-electron chi connectivity index (χ0n) is 7.59. The minimum Gasteiger partial charge on any atom is -0.446 e. The van der Waals surface area contributed by atoms with E-state index in [0.29, 0.717) is 5.88 Å². The van der Waals surface area contributed by atoms with E-state index in [-0.39, 0.29) is 18.1 Å². The van der Waals surface area contributed by atoms with E-state index in [1.807, 2.05) is 0 Å². The number of aryl methyl sites for hydroxylation is 1. The maximum atomic E-state index is 11.0. The van der Waals surface area contributed by atoms with Gasteiger partial charge in [-0.15, -0.1) is 0 Å². The smallest absolute Gasteiger partial charge is 0.234 e. The highest BCUT2D eigenvalue weighted by atomic mass is 16.4. The molecule has 0 saturated heterocycles. The Kier molecular flexibility index (Phi) is 2.84. The summed E-state index contributed by atoms with van der Waals surface area (Å²) in [5.74, 6) is 0.588. The molecule has 0 aliphatic heterocycles. The Morgan fingerprint density at radius 3 is 2.62 bits per heavy atom. The van der Waals surface area contributed by atoms with Gasteiger partial charge >= 0.3 is 0 Å². The first kappa shape index (κ1) is 9.51. The summed E-state index contributed by atoms with van der Waals surface area (Å²) < 4.78 is 5.09. The summed E-state index contributed by atoms with van der Waals surface area (Å²) >= 11 is 0. The Morgan fingerprint density at radius 1 is 1.46 bits per heavy atom. The molecule has 0 aliphatic carbocycles. The van der Waals surface area contributed by atoms with Gasteiger partial charge in [0.25, 0.3) is 0 Å². The van der Waals surface area contributed by atoms with Gasteiger partial charge in [0.05, 0.1) is 6.42 Å². The fraction of sp³-hybridized carbons (Fsp3) is 0.333. The van der Waals surface area contributed by atoms with Crippen LogP contribution in [-0.2, 0) is 9.59 Å². The summed E-state index contributed by atoms with van der Waals surface area (Å²) in [5.41, 5.74) is 0. The van der Waals surface area contributed by atoms with Gasteiger partial charge in [0.1, 0.15) is 11.5 Å². The van der Waals surface area contributed by atoms with Crippen LogP contribution in [0.15, 0.2) is 16.5 Å². The monoisotopic (exact) mass is 181 g/mol. The number of hydrogen-bond donors (Lipinski definition) is 1. The molecule has 0 unspecified atom stereocenters. The number of Topliss-reactive ketones (excluding diaryl/α,β-unsaturated/α-hetero) is 1. The van der Waals surface area contributed by atoms with Crippen LogP contribution in [-0.4, -0.2) is 11.7 Å². The number of carbonyl (C=O) groups excluding carboxylic acids is 2. The van der Waals surface area contributed by atoms with Gasteiger partial charge < -0.3 is 4.42 Å². The van der Waals surface area contributed by atoms with Gasteiger partial charge in [0.2, 0.25) is 5.91 Å². The van der Waals surface area contributed by atoms with Gasteiger partial charge in [-0.05, 0) is 19.9 Å². The van der Waals surface area contributed by atoms with E-state index < -0.39 is 0 Å². The largest absolute Gasteiger partial charge is 0.446 e. The summed E-state index contributed by atoms with van der Waals surface area (Å²) in [7, 11) is 0. The average molecular weight is 181 g/mol. The Bertz CT molecular complexity index is 327. The third kappa shape index (κ3) is 3.11. The molecule has 13 heavy (non-hydrogen) atoms. The first-order valence-corrected chi connectivity index (χ1v) is 3.93. The molecule has 1 aromatic rings. The zero-order valence-corrected chi connectivity index (χ0v) is 7.59. The van der Waals surface area contributed by atoms with E-state index in [1.165, 1.54) is 6.92 Å². The van der Waals surface area contributed by atoms with E-state index in [1.54, 1.807) is 19.1 Å². The van der Waals surface area contributed by atoms with Crippen molar-refractivity contribution in [2.45, 2.75) is 20.3 Å². The molecule has 1 rings (SSSR count). The van der Waals surface area contributed by atoms with E-state index >= 15 is 0 Å². The average Bonchev–Trinajstić information content (AvgIpc) is 2.33. The Balaban J connectivity index is 2.50. The minimum atomic E-state index is -0.346. The summed E-state index contributed by atoms with van der Waals surface area (Å²) in [4.78, 5) is 21.6. The number of amides is 1. The lowest BCUT2D eigenvalue weighted by atomic mass is 10.3. The van der Waals surface area contributed by atoms with Gasteiger partial charge in [-0.2, -0.15) is 0 Å². The molecule has 0 atom stereocenters. The van der Waals surface area contributed by atoms with E-state index in [4.69, 9.17) is 4.42 Å². The molecule has 4 nitrogen and oxygen atoms in total. The zero-order chi connectivity index (χ0) is 9.84. The summed E-state index contributed by atoms with van der Waals surface area (Å²) in [6.45, 7) is 3.15. The second kappa shape index (κ2) is 3.89. The topological polar surface area (TPSA) is 59.3 Å². The van der Waals surface area contributed by atoms with Crippen molar-refractivity contribution in [1.29, 1.82) is 0 Å². The Morgan fingerprint density at radius 2 is 2.15 bits per heavy atom. The number of rotatable bonds is 3. The minimum absolute atomic E-state index is 0.111. The molecular weight excluding hydrogens is 170 g/mol. The predicted molar refractivity (Wildman–Crippen MR) is 47.4 cm³/mol. The maximum Gasteiger partial charge on any atom is 0.234 e. The molecule has 0 saturated carbocycles.